The van der Waals surface area contributed by atoms with Crippen LogP contribution in [0.3, 0.4) is 0 Å². The maximum absolute atomic E-state index is 13.0. The third kappa shape index (κ3) is 4.36. The Morgan fingerprint density at radius 2 is 2.11 bits per heavy atom. The second kappa shape index (κ2) is 8.71. The number of amides is 1. The monoisotopic (exact) mass is 379 g/mol. The van der Waals surface area contributed by atoms with Crippen molar-refractivity contribution in [2.75, 3.05) is 26.9 Å². The molecule has 152 valence electrons. The normalized spacial score (nSPS) is 24.4. The molecule has 7 nitrogen and oxygen atoms in total. The molecule has 7 heteroatoms. The summed E-state index contributed by atoms with van der Waals surface area (Å²) in [6.45, 7) is 5.78. The van der Waals surface area contributed by atoms with Gasteiger partial charge < -0.3 is 19.9 Å². The molecular formula is C20H33N3O4. The van der Waals surface area contributed by atoms with Crippen LogP contribution in [0.1, 0.15) is 73.8 Å². The van der Waals surface area contributed by atoms with Crippen molar-refractivity contribution >= 4 is 5.91 Å². The molecule has 1 aromatic rings. The minimum atomic E-state index is -0.184. The summed E-state index contributed by atoms with van der Waals surface area (Å²) in [5.74, 6) is -0.151. The number of hydrogen-bond donors (Lipinski definition) is 2. The van der Waals surface area contributed by atoms with Crippen LogP contribution in [-0.4, -0.2) is 53.8 Å². The molecule has 0 saturated heterocycles. The van der Waals surface area contributed by atoms with E-state index in [-0.39, 0.29) is 30.1 Å². The topological polar surface area (TPSA) is 85.6 Å². The van der Waals surface area contributed by atoms with Crippen LogP contribution >= 0.6 is 0 Å². The van der Waals surface area contributed by atoms with E-state index in [1.807, 2.05) is 18.5 Å². The first-order valence-corrected chi connectivity index (χ1v) is 10.1. The van der Waals surface area contributed by atoms with Crippen molar-refractivity contribution in [1.82, 2.24) is 15.1 Å². The van der Waals surface area contributed by atoms with E-state index in [0.717, 1.165) is 36.9 Å². The molecule has 27 heavy (non-hydrogen) atoms. The van der Waals surface area contributed by atoms with Crippen LogP contribution in [0.2, 0.25) is 0 Å². The summed E-state index contributed by atoms with van der Waals surface area (Å²) in [5, 5.41) is 17.6. The van der Waals surface area contributed by atoms with Crippen molar-refractivity contribution in [2.45, 2.75) is 71.1 Å². The van der Waals surface area contributed by atoms with Crippen molar-refractivity contribution in [3.05, 3.63) is 17.0 Å². The first-order valence-electron chi connectivity index (χ1n) is 10.1. The lowest BCUT2D eigenvalue weighted by atomic mass is 9.74. The van der Waals surface area contributed by atoms with Crippen LogP contribution in [0, 0.1) is 5.41 Å². The van der Waals surface area contributed by atoms with Gasteiger partial charge in [0.25, 0.3) is 5.91 Å². The molecule has 0 aromatic carbocycles. The SMILES string of the molecule is COCCn1nc(C(=O)NCC2(CO)CCCCC2)c2c1[C@H](C)O[C@H](C)C2. The van der Waals surface area contributed by atoms with Gasteiger partial charge >= 0.3 is 0 Å². The molecule has 2 N–H and O–H groups in total. The number of aromatic nitrogens is 2. The van der Waals surface area contributed by atoms with Crippen molar-refractivity contribution in [2.24, 2.45) is 5.41 Å². The fraction of sp³-hybridized carbons (Fsp3) is 0.800. The first-order chi connectivity index (χ1) is 13.0. The number of carbonyl (C=O) groups excluding carboxylic acids is 1. The van der Waals surface area contributed by atoms with Gasteiger partial charge in [0.1, 0.15) is 0 Å². The Hall–Kier alpha value is -1.44. The third-order valence-corrected chi connectivity index (χ3v) is 6.00. The molecule has 1 aliphatic heterocycles. The number of rotatable bonds is 7. The van der Waals surface area contributed by atoms with Gasteiger partial charge in [-0.2, -0.15) is 5.10 Å². The second-order valence-electron chi connectivity index (χ2n) is 8.12. The lowest BCUT2D eigenvalue weighted by Crippen LogP contribution is -2.41. The highest BCUT2D eigenvalue weighted by molar-refractivity contribution is 5.94. The van der Waals surface area contributed by atoms with Crippen molar-refractivity contribution in [3.63, 3.8) is 0 Å². The molecule has 1 aromatic heterocycles. The largest absolute Gasteiger partial charge is 0.396 e. The summed E-state index contributed by atoms with van der Waals surface area (Å²) in [6, 6.07) is 0. The number of fused-ring (bicyclic) bond motifs is 1. The minimum Gasteiger partial charge on any atom is -0.396 e. The Kier molecular flexibility index (Phi) is 6.55. The van der Waals surface area contributed by atoms with Gasteiger partial charge in [0.2, 0.25) is 0 Å². The van der Waals surface area contributed by atoms with Gasteiger partial charge in [-0.3, -0.25) is 9.48 Å². The molecule has 3 rings (SSSR count). The molecular weight excluding hydrogens is 346 g/mol. The van der Waals surface area contributed by atoms with Gasteiger partial charge in [0.15, 0.2) is 5.69 Å². The fourth-order valence-corrected chi connectivity index (χ4v) is 4.49. The van der Waals surface area contributed by atoms with Crippen LogP contribution in [0.25, 0.3) is 0 Å². The highest BCUT2D eigenvalue weighted by Gasteiger charge is 2.35. The van der Waals surface area contributed by atoms with E-state index in [1.54, 1.807) is 7.11 Å². The van der Waals surface area contributed by atoms with Crippen LogP contribution in [0.4, 0.5) is 0 Å². The van der Waals surface area contributed by atoms with E-state index in [4.69, 9.17) is 9.47 Å². The summed E-state index contributed by atoms with van der Waals surface area (Å²) < 4.78 is 13.0. The summed E-state index contributed by atoms with van der Waals surface area (Å²) >= 11 is 0. The third-order valence-electron chi connectivity index (χ3n) is 6.00. The second-order valence-corrected chi connectivity index (χ2v) is 8.12. The molecule has 0 unspecified atom stereocenters. The number of aliphatic hydroxyl groups excluding tert-OH is 1. The van der Waals surface area contributed by atoms with Crippen LogP contribution < -0.4 is 5.32 Å². The van der Waals surface area contributed by atoms with E-state index in [0.29, 0.717) is 31.8 Å². The van der Waals surface area contributed by atoms with Crippen molar-refractivity contribution < 1.29 is 19.4 Å². The van der Waals surface area contributed by atoms with Gasteiger partial charge in [-0.1, -0.05) is 19.3 Å². The Labute approximate surface area is 161 Å². The fourth-order valence-electron chi connectivity index (χ4n) is 4.49. The lowest BCUT2D eigenvalue weighted by molar-refractivity contribution is -0.0101. The number of carbonyl (C=O) groups is 1. The predicted octanol–water partition coefficient (Wildman–Crippen LogP) is 2.22. The van der Waals surface area contributed by atoms with E-state index >= 15 is 0 Å². The molecule has 2 heterocycles. The zero-order valence-corrected chi connectivity index (χ0v) is 16.8. The van der Waals surface area contributed by atoms with E-state index < -0.39 is 0 Å². The van der Waals surface area contributed by atoms with Gasteiger partial charge in [-0.25, -0.2) is 0 Å². The number of nitrogens with zero attached hydrogens (tertiary/aromatic N) is 2. The Bertz CT molecular complexity index is 652. The minimum absolute atomic E-state index is 0.0567. The molecule has 0 bridgehead atoms. The quantitative estimate of drug-likeness (QED) is 0.759. The molecule has 1 amide bonds. The number of aliphatic hydroxyl groups is 1. The molecule has 0 spiro atoms. The zero-order chi connectivity index (χ0) is 19.4. The predicted molar refractivity (Wildman–Crippen MR) is 102 cm³/mol. The average molecular weight is 380 g/mol. The molecule has 1 fully saturated rings. The molecule has 1 saturated carbocycles. The number of ether oxygens (including phenoxy) is 2. The Balaban J connectivity index is 1.79. The Morgan fingerprint density at radius 3 is 2.78 bits per heavy atom. The van der Waals surface area contributed by atoms with Crippen LogP contribution in [0.15, 0.2) is 0 Å². The van der Waals surface area contributed by atoms with Gasteiger partial charge in [0, 0.05) is 31.1 Å². The summed E-state index contributed by atoms with van der Waals surface area (Å²) in [6.07, 6.45) is 6.01. The lowest BCUT2D eigenvalue weighted by Gasteiger charge is -2.35. The van der Waals surface area contributed by atoms with Crippen LogP contribution in [0.5, 0.6) is 0 Å². The number of hydrogen-bond acceptors (Lipinski definition) is 5. The number of methoxy groups -OCH3 is 1. The molecule has 2 aliphatic rings. The van der Waals surface area contributed by atoms with E-state index in [1.165, 1.54) is 6.42 Å². The van der Waals surface area contributed by atoms with Gasteiger partial charge in [0.05, 0.1) is 37.7 Å². The van der Waals surface area contributed by atoms with Gasteiger partial charge in [-0.05, 0) is 26.7 Å². The highest BCUT2D eigenvalue weighted by atomic mass is 16.5. The van der Waals surface area contributed by atoms with Crippen molar-refractivity contribution in [1.29, 1.82) is 0 Å². The first kappa shape index (κ1) is 20.3. The van der Waals surface area contributed by atoms with Crippen molar-refractivity contribution in [3.8, 4) is 0 Å². The smallest absolute Gasteiger partial charge is 0.272 e. The summed E-state index contributed by atoms with van der Waals surface area (Å²) in [4.78, 5) is 13.0. The van der Waals surface area contributed by atoms with Crippen LogP contribution in [-0.2, 0) is 22.4 Å². The molecule has 0 radical (unpaired) electrons. The standard InChI is InChI=1S/C20H33N3O4/c1-14-11-16-17(22-23(9-10-26-3)18(16)15(2)27-14)19(25)21-12-20(13-24)7-5-4-6-8-20/h14-15,24H,4-13H2,1-3H3,(H,21,25)/t14-,15+/m1/s1. The van der Waals surface area contributed by atoms with E-state index in [2.05, 4.69) is 10.4 Å². The summed E-state index contributed by atoms with van der Waals surface area (Å²) in [5.41, 5.74) is 2.27. The maximum atomic E-state index is 13.0. The zero-order valence-electron chi connectivity index (χ0n) is 16.8. The molecule has 2 atom stereocenters. The highest BCUT2D eigenvalue weighted by Crippen LogP contribution is 2.36. The maximum Gasteiger partial charge on any atom is 0.272 e. The van der Waals surface area contributed by atoms with E-state index in [9.17, 15) is 9.90 Å². The number of nitrogens with one attached hydrogen (secondary N) is 1. The molecule has 1 aliphatic carbocycles. The van der Waals surface area contributed by atoms with Gasteiger partial charge in [-0.15, -0.1) is 0 Å². The average Bonchev–Trinajstić information content (AvgIpc) is 3.04. The summed E-state index contributed by atoms with van der Waals surface area (Å²) in [7, 11) is 1.66. The Morgan fingerprint density at radius 1 is 1.37 bits per heavy atom.